The molecule has 2 heterocycles. The van der Waals surface area contributed by atoms with E-state index >= 15 is 0 Å². The molecule has 10 heteroatoms. The van der Waals surface area contributed by atoms with Crippen LogP contribution in [0.25, 0.3) is 10.9 Å². The summed E-state index contributed by atoms with van der Waals surface area (Å²) in [4.78, 5) is 44.3. The van der Waals surface area contributed by atoms with E-state index in [-0.39, 0.29) is 37.2 Å². The molecule has 2 N–H and O–H groups in total. The molecule has 2 aromatic carbocycles. The summed E-state index contributed by atoms with van der Waals surface area (Å²) in [6.07, 6.45) is 0.248. The van der Waals surface area contributed by atoms with Crippen LogP contribution in [0.4, 0.5) is 5.69 Å². The third-order valence-corrected chi connectivity index (χ3v) is 6.41. The second-order valence-corrected chi connectivity index (χ2v) is 8.88. The van der Waals surface area contributed by atoms with Gasteiger partial charge in [0.25, 0.3) is 5.91 Å². The summed E-state index contributed by atoms with van der Waals surface area (Å²) in [5.41, 5.74) is 2.62. The lowest BCUT2D eigenvalue weighted by molar-refractivity contribution is -0.131. The quantitative estimate of drug-likeness (QED) is 0.545. The van der Waals surface area contributed by atoms with E-state index in [1.54, 1.807) is 24.3 Å². The molecule has 172 valence electrons. The number of hydrogen-bond acceptors (Lipinski definition) is 4. The lowest BCUT2D eigenvalue weighted by Crippen LogP contribution is -2.43. The van der Waals surface area contributed by atoms with Crippen molar-refractivity contribution in [3.8, 4) is 6.07 Å². The highest BCUT2D eigenvalue weighted by molar-refractivity contribution is 6.42. The molecule has 1 saturated heterocycles. The van der Waals surface area contributed by atoms with E-state index in [0.29, 0.717) is 21.9 Å². The molecule has 0 radical (unpaired) electrons. The Morgan fingerprint density at radius 1 is 1.26 bits per heavy atom. The van der Waals surface area contributed by atoms with Gasteiger partial charge < -0.3 is 20.1 Å². The Hall–Kier alpha value is -3.77. The number of benzene rings is 2. The number of likely N-dealkylation sites (N-methyl/N-ethyl adjacent to an activating group) is 1. The number of para-hydroxylation sites is 1. The van der Waals surface area contributed by atoms with Crippen LogP contribution in [0.1, 0.15) is 16.9 Å². The molecule has 1 aliphatic heterocycles. The van der Waals surface area contributed by atoms with E-state index in [2.05, 4.69) is 16.4 Å². The SMILES string of the molecule is Bc1ccc(Cl)c2[nH]c(C(=O)N(C)CC(=O)N3CC(C(=O)Nc4ccccc4)CC3C#N)cc12. The number of aromatic amines is 1. The number of carbonyl (C=O) groups is 3. The molecular weight excluding hydrogens is 453 g/mol. The van der Waals surface area contributed by atoms with Crippen molar-refractivity contribution in [1.82, 2.24) is 14.8 Å². The van der Waals surface area contributed by atoms with Gasteiger partial charge in [0, 0.05) is 19.3 Å². The molecule has 0 aliphatic carbocycles. The number of amides is 3. The number of halogens is 1. The van der Waals surface area contributed by atoms with Crippen LogP contribution in [0.2, 0.25) is 5.02 Å². The summed E-state index contributed by atoms with van der Waals surface area (Å²) in [6, 6.07) is 15.8. The van der Waals surface area contributed by atoms with Crippen LogP contribution in [0, 0.1) is 17.2 Å². The van der Waals surface area contributed by atoms with Gasteiger partial charge in [0.1, 0.15) is 19.6 Å². The first-order chi connectivity index (χ1) is 16.3. The highest BCUT2D eigenvalue weighted by Gasteiger charge is 2.39. The zero-order valence-corrected chi connectivity index (χ0v) is 19.6. The molecule has 0 bridgehead atoms. The summed E-state index contributed by atoms with van der Waals surface area (Å²) in [6.45, 7) is -0.0922. The van der Waals surface area contributed by atoms with Gasteiger partial charge in [-0.3, -0.25) is 14.4 Å². The number of hydrogen-bond donors (Lipinski definition) is 2. The Bertz CT molecular complexity index is 1260. The van der Waals surface area contributed by atoms with Crippen LogP contribution in [0.15, 0.2) is 48.5 Å². The average molecular weight is 476 g/mol. The summed E-state index contributed by atoms with van der Waals surface area (Å²) >= 11 is 6.24. The van der Waals surface area contributed by atoms with Gasteiger partial charge in [0.05, 0.1) is 29.1 Å². The average Bonchev–Trinajstić information content (AvgIpc) is 3.47. The van der Waals surface area contributed by atoms with Crippen LogP contribution >= 0.6 is 11.6 Å². The maximum Gasteiger partial charge on any atom is 0.270 e. The fourth-order valence-corrected chi connectivity index (χ4v) is 4.41. The van der Waals surface area contributed by atoms with Crippen LogP contribution in [-0.4, -0.2) is 66.5 Å². The van der Waals surface area contributed by atoms with Crippen molar-refractivity contribution in [1.29, 1.82) is 5.26 Å². The predicted octanol–water partition coefficient (Wildman–Crippen LogP) is 1.53. The zero-order chi connectivity index (χ0) is 24.4. The summed E-state index contributed by atoms with van der Waals surface area (Å²) in [7, 11) is 3.45. The summed E-state index contributed by atoms with van der Waals surface area (Å²) < 4.78 is 0. The van der Waals surface area contributed by atoms with Gasteiger partial charge >= 0.3 is 0 Å². The maximum absolute atomic E-state index is 13.0. The number of fused-ring (bicyclic) bond motifs is 1. The van der Waals surface area contributed by atoms with E-state index in [1.807, 2.05) is 32.1 Å². The summed E-state index contributed by atoms with van der Waals surface area (Å²) in [5, 5.41) is 13.7. The predicted molar refractivity (Wildman–Crippen MR) is 133 cm³/mol. The number of carbonyl (C=O) groups excluding carboxylic acids is 3. The number of anilines is 1. The van der Waals surface area contributed by atoms with Gasteiger partial charge in [0.15, 0.2) is 0 Å². The first-order valence-corrected chi connectivity index (χ1v) is 11.2. The highest BCUT2D eigenvalue weighted by Crippen LogP contribution is 2.25. The van der Waals surface area contributed by atoms with Crippen LogP contribution < -0.4 is 10.8 Å². The van der Waals surface area contributed by atoms with Crippen molar-refractivity contribution in [2.45, 2.75) is 12.5 Å². The number of rotatable bonds is 5. The molecule has 8 nitrogen and oxygen atoms in total. The van der Waals surface area contributed by atoms with Gasteiger partial charge in [-0.15, -0.1) is 0 Å². The van der Waals surface area contributed by atoms with E-state index < -0.39 is 12.0 Å². The second-order valence-electron chi connectivity index (χ2n) is 8.48. The minimum atomic E-state index is -0.725. The van der Waals surface area contributed by atoms with E-state index in [1.165, 1.54) is 16.8 Å². The second kappa shape index (κ2) is 9.61. The molecule has 4 rings (SSSR count). The normalized spacial score (nSPS) is 17.4. The fraction of sp³-hybridized carbons (Fsp3) is 0.250. The smallest absolute Gasteiger partial charge is 0.270 e. The van der Waals surface area contributed by atoms with Gasteiger partial charge in [-0.25, -0.2) is 0 Å². The third kappa shape index (κ3) is 4.63. The monoisotopic (exact) mass is 475 g/mol. The Labute approximate surface area is 202 Å². The standard InChI is InChI=1S/C24H23BClN5O3/c1-30(24(34)20-10-17-18(25)7-8-19(26)22(17)29-20)13-21(32)31-12-14(9-16(31)11-27)23(33)28-15-5-3-2-4-6-15/h2-8,10,14,16,29H,9,12-13,25H2,1H3,(H,28,33). The fourth-order valence-electron chi connectivity index (χ4n) is 4.20. The lowest BCUT2D eigenvalue weighted by atomic mass is 9.92. The molecule has 0 saturated carbocycles. The molecule has 1 fully saturated rings. The van der Waals surface area contributed by atoms with E-state index in [4.69, 9.17) is 11.6 Å². The minimum absolute atomic E-state index is 0.124. The lowest BCUT2D eigenvalue weighted by Gasteiger charge is -2.23. The van der Waals surface area contributed by atoms with Crippen molar-refractivity contribution in [2.24, 2.45) is 5.92 Å². The van der Waals surface area contributed by atoms with Crippen LogP contribution in [0.3, 0.4) is 0 Å². The largest absolute Gasteiger partial charge is 0.349 e. The molecule has 3 amide bonds. The first kappa shape index (κ1) is 23.4. The van der Waals surface area contributed by atoms with Gasteiger partial charge in [-0.2, -0.15) is 5.26 Å². The molecule has 3 aromatic rings. The molecule has 0 spiro atoms. The van der Waals surface area contributed by atoms with Gasteiger partial charge in [-0.1, -0.05) is 41.3 Å². The van der Waals surface area contributed by atoms with Crippen LogP contribution in [-0.2, 0) is 9.59 Å². The van der Waals surface area contributed by atoms with Crippen LogP contribution in [0.5, 0.6) is 0 Å². The van der Waals surface area contributed by atoms with Crippen molar-refractivity contribution in [3.63, 3.8) is 0 Å². The Balaban J connectivity index is 1.42. The number of nitrogens with one attached hydrogen (secondary N) is 2. The third-order valence-electron chi connectivity index (χ3n) is 6.09. The molecule has 2 unspecified atom stereocenters. The molecular formula is C24H23BClN5O3. The topological polar surface area (TPSA) is 109 Å². The summed E-state index contributed by atoms with van der Waals surface area (Å²) in [5.74, 6) is -1.50. The van der Waals surface area contributed by atoms with E-state index in [9.17, 15) is 19.6 Å². The molecule has 1 aliphatic rings. The number of likely N-dealkylation sites (tertiary alicyclic amines) is 1. The van der Waals surface area contributed by atoms with Gasteiger partial charge in [-0.05, 0) is 36.1 Å². The highest BCUT2D eigenvalue weighted by atomic mass is 35.5. The minimum Gasteiger partial charge on any atom is -0.349 e. The molecule has 2 atom stereocenters. The Morgan fingerprint density at radius 2 is 2.00 bits per heavy atom. The zero-order valence-electron chi connectivity index (χ0n) is 18.8. The van der Waals surface area contributed by atoms with Crippen molar-refractivity contribution in [2.75, 3.05) is 25.5 Å². The maximum atomic E-state index is 13.0. The molecule has 34 heavy (non-hydrogen) atoms. The van der Waals surface area contributed by atoms with Crippen molar-refractivity contribution < 1.29 is 14.4 Å². The molecule has 1 aromatic heterocycles. The first-order valence-electron chi connectivity index (χ1n) is 10.9. The van der Waals surface area contributed by atoms with Gasteiger partial charge in [0.2, 0.25) is 11.8 Å². The number of aromatic nitrogens is 1. The number of nitrogens with zero attached hydrogens (tertiary/aromatic N) is 3. The van der Waals surface area contributed by atoms with Crippen molar-refractivity contribution in [3.05, 3.63) is 59.2 Å². The Morgan fingerprint density at radius 3 is 2.68 bits per heavy atom. The number of H-pyrrole nitrogens is 1. The number of nitriles is 1. The Kier molecular flexibility index (Phi) is 6.62. The van der Waals surface area contributed by atoms with Crippen molar-refractivity contribution >= 4 is 59.2 Å². The van der Waals surface area contributed by atoms with E-state index in [0.717, 1.165) is 10.8 Å².